The maximum Gasteiger partial charge on any atom is 0.325 e. The molecule has 3 N–H and O–H groups in total. The van der Waals surface area contributed by atoms with E-state index in [1.54, 1.807) is 0 Å². The van der Waals surface area contributed by atoms with Crippen LogP contribution in [0.4, 0.5) is 5.69 Å². The molecule has 0 aliphatic carbocycles. The average molecular weight is 262 g/mol. The van der Waals surface area contributed by atoms with Gasteiger partial charge in [0.1, 0.15) is 6.04 Å². The van der Waals surface area contributed by atoms with Gasteiger partial charge in [-0.25, -0.2) is 0 Å². The third kappa shape index (κ3) is 2.89. The van der Waals surface area contributed by atoms with Gasteiger partial charge >= 0.3 is 5.97 Å². The molecular formula is C15H22N2O2. The molecule has 1 heterocycles. The van der Waals surface area contributed by atoms with E-state index in [0.29, 0.717) is 11.5 Å². The summed E-state index contributed by atoms with van der Waals surface area (Å²) in [6.45, 7) is 6.43. The van der Waals surface area contributed by atoms with Crippen molar-refractivity contribution in [3.05, 3.63) is 29.3 Å². The molecule has 2 rings (SSSR count). The average Bonchev–Trinajstić information content (AvgIpc) is 2.90. The lowest BCUT2D eigenvalue weighted by atomic mass is 9.95. The quantitative estimate of drug-likeness (QED) is 0.875. The molecule has 0 amide bonds. The molecule has 19 heavy (non-hydrogen) atoms. The minimum Gasteiger partial charge on any atom is -0.480 e. The molecule has 4 nitrogen and oxygen atoms in total. The number of nitrogens with two attached hydrogens (primary N) is 1. The highest BCUT2D eigenvalue weighted by Crippen LogP contribution is 2.32. The molecule has 0 unspecified atom stereocenters. The number of hydrogen-bond acceptors (Lipinski definition) is 3. The van der Waals surface area contributed by atoms with Crippen LogP contribution in [0.3, 0.4) is 0 Å². The van der Waals surface area contributed by atoms with Gasteiger partial charge in [0.15, 0.2) is 0 Å². The standard InChI is InChI=1S/C15H22N2O2/c1-10(2)12-9-11(14(16)15(18)19)5-6-13(12)17-7-3-4-8-17/h5-6,9-10,14H,3-4,7-8,16H2,1-2H3,(H,18,19)/t14-/m0/s1. The molecule has 104 valence electrons. The van der Waals surface area contributed by atoms with E-state index in [9.17, 15) is 4.79 Å². The number of hydrogen-bond donors (Lipinski definition) is 2. The fourth-order valence-electron chi connectivity index (χ4n) is 2.62. The van der Waals surface area contributed by atoms with Crippen molar-refractivity contribution in [3.63, 3.8) is 0 Å². The summed E-state index contributed by atoms with van der Waals surface area (Å²) >= 11 is 0. The lowest BCUT2D eigenvalue weighted by molar-refractivity contribution is -0.138. The van der Waals surface area contributed by atoms with Gasteiger partial charge in [0, 0.05) is 18.8 Å². The molecule has 4 heteroatoms. The molecule has 0 radical (unpaired) electrons. The molecule has 1 saturated heterocycles. The Kier molecular flexibility index (Phi) is 4.10. The molecule has 1 atom stereocenters. The predicted octanol–water partition coefficient (Wildman–Crippen LogP) is 2.49. The molecule has 0 spiro atoms. The van der Waals surface area contributed by atoms with Crippen molar-refractivity contribution in [3.8, 4) is 0 Å². The van der Waals surface area contributed by atoms with Crippen LogP contribution in [-0.2, 0) is 4.79 Å². The van der Waals surface area contributed by atoms with Crippen molar-refractivity contribution < 1.29 is 9.90 Å². The van der Waals surface area contributed by atoms with Crippen LogP contribution in [0.5, 0.6) is 0 Å². The highest BCUT2D eigenvalue weighted by Gasteiger charge is 2.20. The summed E-state index contributed by atoms with van der Waals surface area (Å²) in [5, 5.41) is 9.01. The smallest absolute Gasteiger partial charge is 0.325 e. The Hall–Kier alpha value is -1.55. The van der Waals surface area contributed by atoms with Crippen LogP contribution in [0.25, 0.3) is 0 Å². The lowest BCUT2D eigenvalue weighted by Crippen LogP contribution is -2.23. The van der Waals surface area contributed by atoms with E-state index >= 15 is 0 Å². The molecule has 0 aromatic heterocycles. The Labute approximate surface area is 114 Å². The number of nitrogens with zero attached hydrogens (tertiary/aromatic N) is 1. The van der Waals surface area contributed by atoms with Gasteiger partial charge in [0.25, 0.3) is 0 Å². The maximum atomic E-state index is 11.0. The minimum atomic E-state index is -0.983. The first kappa shape index (κ1) is 13.9. The molecule has 1 aliphatic rings. The Bertz CT molecular complexity index is 465. The zero-order valence-electron chi connectivity index (χ0n) is 11.6. The van der Waals surface area contributed by atoms with Crippen LogP contribution in [0.2, 0.25) is 0 Å². The van der Waals surface area contributed by atoms with Gasteiger partial charge in [0.05, 0.1) is 0 Å². The van der Waals surface area contributed by atoms with E-state index in [-0.39, 0.29) is 0 Å². The minimum absolute atomic E-state index is 0.358. The Morgan fingerprint density at radius 1 is 1.32 bits per heavy atom. The Balaban J connectivity index is 2.37. The number of anilines is 1. The van der Waals surface area contributed by atoms with Gasteiger partial charge in [0.2, 0.25) is 0 Å². The number of rotatable bonds is 4. The van der Waals surface area contributed by atoms with E-state index in [2.05, 4.69) is 18.7 Å². The number of carboxylic acid groups (broad SMARTS) is 1. The summed E-state index contributed by atoms with van der Waals surface area (Å²) in [5.41, 5.74) is 8.80. The maximum absolute atomic E-state index is 11.0. The van der Waals surface area contributed by atoms with Gasteiger partial charge in [-0.1, -0.05) is 26.0 Å². The van der Waals surface area contributed by atoms with Crippen molar-refractivity contribution in [1.82, 2.24) is 0 Å². The van der Waals surface area contributed by atoms with E-state index in [1.807, 2.05) is 18.2 Å². The first-order valence-corrected chi connectivity index (χ1v) is 6.88. The van der Waals surface area contributed by atoms with Gasteiger partial charge in [-0.2, -0.15) is 0 Å². The second kappa shape index (κ2) is 5.61. The fraction of sp³-hybridized carbons (Fsp3) is 0.533. The van der Waals surface area contributed by atoms with Gasteiger partial charge in [-0.15, -0.1) is 0 Å². The first-order valence-electron chi connectivity index (χ1n) is 6.88. The molecule has 1 aliphatic heterocycles. The van der Waals surface area contributed by atoms with Gasteiger partial charge < -0.3 is 15.7 Å². The summed E-state index contributed by atoms with van der Waals surface area (Å²) in [7, 11) is 0. The topological polar surface area (TPSA) is 66.6 Å². The van der Waals surface area contributed by atoms with Crippen molar-refractivity contribution in [2.75, 3.05) is 18.0 Å². The first-order chi connectivity index (χ1) is 9.00. The summed E-state index contributed by atoms with van der Waals surface area (Å²) in [4.78, 5) is 13.4. The zero-order valence-corrected chi connectivity index (χ0v) is 11.6. The number of carbonyl (C=O) groups is 1. The van der Waals surface area contributed by atoms with Crippen molar-refractivity contribution >= 4 is 11.7 Å². The van der Waals surface area contributed by atoms with Gasteiger partial charge in [-0.05, 0) is 36.0 Å². The van der Waals surface area contributed by atoms with Crippen LogP contribution in [0.15, 0.2) is 18.2 Å². The summed E-state index contributed by atoms with van der Waals surface area (Å²) < 4.78 is 0. The largest absolute Gasteiger partial charge is 0.480 e. The fourth-order valence-corrected chi connectivity index (χ4v) is 2.62. The van der Waals surface area contributed by atoms with E-state index < -0.39 is 12.0 Å². The van der Waals surface area contributed by atoms with Crippen molar-refractivity contribution in [2.24, 2.45) is 5.73 Å². The Morgan fingerprint density at radius 3 is 2.47 bits per heavy atom. The number of aliphatic carboxylic acids is 1. The van der Waals surface area contributed by atoms with E-state index in [4.69, 9.17) is 10.8 Å². The van der Waals surface area contributed by atoms with Crippen LogP contribution in [0.1, 0.15) is 49.8 Å². The summed E-state index contributed by atoms with van der Waals surface area (Å²) in [5.74, 6) is -0.625. The molecule has 1 aromatic carbocycles. The van der Waals surface area contributed by atoms with Crippen LogP contribution in [-0.4, -0.2) is 24.2 Å². The molecule has 1 aromatic rings. The highest BCUT2D eigenvalue weighted by molar-refractivity contribution is 5.76. The van der Waals surface area contributed by atoms with E-state index in [0.717, 1.165) is 13.1 Å². The third-order valence-corrected chi connectivity index (χ3v) is 3.75. The van der Waals surface area contributed by atoms with E-state index in [1.165, 1.54) is 24.1 Å². The predicted molar refractivity (Wildman–Crippen MR) is 76.5 cm³/mol. The molecule has 0 saturated carbocycles. The van der Waals surface area contributed by atoms with Crippen LogP contribution < -0.4 is 10.6 Å². The molecule has 1 fully saturated rings. The van der Waals surface area contributed by atoms with Crippen LogP contribution in [0, 0.1) is 0 Å². The summed E-state index contributed by atoms with van der Waals surface area (Å²) in [6, 6.07) is 4.89. The summed E-state index contributed by atoms with van der Waals surface area (Å²) in [6.07, 6.45) is 2.46. The second-order valence-electron chi connectivity index (χ2n) is 5.48. The Morgan fingerprint density at radius 2 is 1.95 bits per heavy atom. The third-order valence-electron chi connectivity index (χ3n) is 3.75. The van der Waals surface area contributed by atoms with Crippen LogP contribution >= 0.6 is 0 Å². The molecular weight excluding hydrogens is 240 g/mol. The lowest BCUT2D eigenvalue weighted by Gasteiger charge is -2.24. The normalized spacial score (nSPS) is 16.9. The van der Waals surface area contributed by atoms with Crippen molar-refractivity contribution in [1.29, 1.82) is 0 Å². The van der Waals surface area contributed by atoms with Crippen molar-refractivity contribution in [2.45, 2.75) is 38.6 Å². The molecule has 0 bridgehead atoms. The highest BCUT2D eigenvalue weighted by atomic mass is 16.4. The zero-order chi connectivity index (χ0) is 14.0. The monoisotopic (exact) mass is 262 g/mol. The SMILES string of the molecule is CC(C)c1cc([C@H](N)C(=O)O)ccc1N1CCCC1. The van der Waals surface area contributed by atoms with Gasteiger partial charge in [-0.3, -0.25) is 4.79 Å². The number of carboxylic acids is 1. The second-order valence-corrected chi connectivity index (χ2v) is 5.48. The number of benzene rings is 1.